The van der Waals surface area contributed by atoms with Crippen LogP contribution >= 0.6 is 0 Å². The van der Waals surface area contributed by atoms with Crippen LogP contribution in [0.25, 0.3) is 0 Å². The minimum Gasteiger partial charge on any atom is -0.481 e. The number of hydrogen-bond acceptors (Lipinski definition) is 2. The molecule has 4 heteroatoms. The molecule has 0 aromatic rings. The SMILES string of the molecule is C=CCC1(C(=O)NC2CCCCC2)C(C(=O)O)C2C=CC1(C)C2. The zero-order valence-corrected chi connectivity index (χ0v) is 13.9. The number of nitrogens with one attached hydrogen (secondary N) is 1. The van der Waals surface area contributed by atoms with E-state index in [1.165, 1.54) is 6.42 Å². The molecule has 23 heavy (non-hydrogen) atoms. The Bertz CT molecular complexity index is 549. The second kappa shape index (κ2) is 5.81. The van der Waals surface area contributed by atoms with Crippen molar-refractivity contribution in [2.45, 2.75) is 57.9 Å². The minimum atomic E-state index is -0.905. The van der Waals surface area contributed by atoms with Gasteiger partial charge in [-0.1, -0.05) is 44.4 Å². The Balaban J connectivity index is 1.94. The van der Waals surface area contributed by atoms with E-state index in [1.54, 1.807) is 6.08 Å². The summed E-state index contributed by atoms with van der Waals surface area (Å²) in [6, 6.07) is 0.194. The van der Waals surface area contributed by atoms with Crippen molar-refractivity contribution in [2.24, 2.45) is 22.7 Å². The fourth-order valence-electron chi connectivity index (χ4n) is 5.28. The first kappa shape index (κ1) is 16.3. The summed E-state index contributed by atoms with van der Waals surface area (Å²) in [6.45, 7) is 5.85. The van der Waals surface area contributed by atoms with E-state index >= 15 is 0 Å². The van der Waals surface area contributed by atoms with Crippen LogP contribution in [0.3, 0.4) is 0 Å². The largest absolute Gasteiger partial charge is 0.481 e. The fraction of sp³-hybridized carbons (Fsp3) is 0.684. The van der Waals surface area contributed by atoms with Crippen LogP contribution in [-0.2, 0) is 9.59 Å². The molecule has 0 heterocycles. The number of rotatable bonds is 5. The molecule has 1 amide bonds. The predicted molar refractivity (Wildman–Crippen MR) is 88.7 cm³/mol. The maximum atomic E-state index is 13.3. The van der Waals surface area contributed by atoms with Crippen molar-refractivity contribution in [2.75, 3.05) is 0 Å². The number of hydrogen-bond donors (Lipinski definition) is 2. The Kier molecular flexibility index (Phi) is 4.11. The third kappa shape index (κ3) is 2.34. The van der Waals surface area contributed by atoms with Crippen LogP contribution in [0.5, 0.6) is 0 Å². The second-order valence-corrected chi connectivity index (χ2v) is 7.73. The summed E-state index contributed by atoms with van der Waals surface area (Å²) in [6.07, 6.45) is 12.5. The normalized spacial score (nSPS) is 39.3. The molecule has 0 aromatic carbocycles. The molecule has 3 rings (SSSR count). The molecule has 0 radical (unpaired) electrons. The van der Waals surface area contributed by atoms with E-state index < -0.39 is 22.7 Å². The van der Waals surface area contributed by atoms with Gasteiger partial charge in [-0.3, -0.25) is 9.59 Å². The van der Waals surface area contributed by atoms with E-state index in [2.05, 4.69) is 18.0 Å². The van der Waals surface area contributed by atoms with E-state index in [9.17, 15) is 14.7 Å². The molecule has 0 spiro atoms. The van der Waals surface area contributed by atoms with Gasteiger partial charge < -0.3 is 10.4 Å². The summed E-state index contributed by atoms with van der Waals surface area (Å²) in [4.78, 5) is 25.3. The number of amides is 1. The molecular formula is C19H27NO3. The zero-order valence-electron chi connectivity index (χ0n) is 13.9. The number of allylic oxidation sites excluding steroid dienone is 3. The number of carbonyl (C=O) groups excluding carboxylic acids is 1. The Labute approximate surface area is 138 Å². The molecule has 0 saturated heterocycles. The minimum absolute atomic E-state index is 0.0467. The molecule has 2 N–H and O–H groups in total. The lowest BCUT2D eigenvalue weighted by molar-refractivity contribution is -0.157. The van der Waals surface area contributed by atoms with Crippen molar-refractivity contribution in [3.63, 3.8) is 0 Å². The van der Waals surface area contributed by atoms with Crippen LogP contribution in [0.2, 0.25) is 0 Å². The Hall–Kier alpha value is -1.58. The van der Waals surface area contributed by atoms with Gasteiger partial charge in [-0.05, 0) is 31.6 Å². The number of carboxylic acid groups (broad SMARTS) is 1. The third-order valence-electron chi connectivity index (χ3n) is 6.43. The maximum absolute atomic E-state index is 13.3. The van der Waals surface area contributed by atoms with Gasteiger partial charge in [0.05, 0.1) is 11.3 Å². The maximum Gasteiger partial charge on any atom is 0.308 e. The van der Waals surface area contributed by atoms with Crippen molar-refractivity contribution < 1.29 is 14.7 Å². The van der Waals surface area contributed by atoms with E-state index in [-0.39, 0.29) is 17.9 Å². The van der Waals surface area contributed by atoms with Gasteiger partial charge in [0.25, 0.3) is 0 Å². The molecule has 3 aliphatic rings. The lowest BCUT2D eigenvalue weighted by Gasteiger charge is -2.45. The van der Waals surface area contributed by atoms with E-state index in [1.807, 2.05) is 13.0 Å². The number of carbonyl (C=O) groups is 2. The van der Waals surface area contributed by atoms with E-state index in [4.69, 9.17) is 0 Å². The van der Waals surface area contributed by atoms with Crippen molar-refractivity contribution in [1.82, 2.24) is 5.32 Å². The second-order valence-electron chi connectivity index (χ2n) is 7.73. The quantitative estimate of drug-likeness (QED) is 0.765. The van der Waals surface area contributed by atoms with Crippen molar-refractivity contribution in [1.29, 1.82) is 0 Å². The van der Waals surface area contributed by atoms with Crippen molar-refractivity contribution >= 4 is 11.9 Å². The molecule has 4 atom stereocenters. The first-order valence-electron chi connectivity index (χ1n) is 8.78. The number of aliphatic carboxylic acids is 1. The highest BCUT2D eigenvalue weighted by Crippen LogP contribution is 2.65. The summed E-state index contributed by atoms with van der Waals surface area (Å²) in [7, 11) is 0. The lowest BCUT2D eigenvalue weighted by atomic mass is 9.58. The summed E-state index contributed by atoms with van der Waals surface area (Å²) < 4.78 is 0. The highest BCUT2D eigenvalue weighted by Gasteiger charge is 2.68. The lowest BCUT2D eigenvalue weighted by Crippen LogP contribution is -2.56. The highest BCUT2D eigenvalue weighted by atomic mass is 16.4. The van der Waals surface area contributed by atoms with Crippen LogP contribution in [0.4, 0.5) is 0 Å². The monoisotopic (exact) mass is 317 g/mol. The Morgan fingerprint density at radius 1 is 1.35 bits per heavy atom. The van der Waals surface area contributed by atoms with Gasteiger partial charge >= 0.3 is 5.97 Å². The molecule has 126 valence electrons. The van der Waals surface area contributed by atoms with Gasteiger partial charge in [0.15, 0.2) is 0 Å². The van der Waals surface area contributed by atoms with Crippen LogP contribution < -0.4 is 5.32 Å². The molecular weight excluding hydrogens is 290 g/mol. The van der Waals surface area contributed by atoms with Gasteiger partial charge in [-0.15, -0.1) is 6.58 Å². The summed E-state index contributed by atoms with van der Waals surface area (Å²) in [5.74, 6) is -1.64. The number of carboxylic acids is 1. The fourth-order valence-corrected chi connectivity index (χ4v) is 5.28. The van der Waals surface area contributed by atoms with Gasteiger partial charge in [0, 0.05) is 11.5 Å². The van der Waals surface area contributed by atoms with Crippen LogP contribution in [0.1, 0.15) is 51.9 Å². The topological polar surface area (TPSA) is 66.4 Å². The molecule has 4 unspecified atom stereocenters. The summed E-state index contributed by atoms with van der Waals surface area (Å²) in [5, 5.41) is 13.0. The molecule has 4 nitrogen and oxygen atoms in total. The first-order chi connectivity index (χ1) is 10.9. The average molecular weight is 317 g/mol. The third-order valence-corrected chi connectivity index (χ3v) is 6.43. The Morgan fingerprint density at radius 2 is 2.04 bits per heavy atom. The smallest absolute Gasteiger partial charge is 0.308 e. The molecule has 2 fully saturated rings. The van der Waals surface area contributed by atoms with E-state index in [0.29, 0.717) is 6.42 Å². The molecule has 2 saturated carbocycles. The first-order valence-corrected chi connectivity index (χ1v) is 8.78. The van der Waals surface area contributed by atoms with Gasteiger partial charge in [-0.2, -0.15) is 0 Å². The van der Waals surface area contributed by atoms with Crippen molar-refractivity contribution in [3.05, 3.63) is 24.8 Å². The molecule has 0 aliphatic heterocycles. The van der Waals surface area contributed by atoms with Crippen LogP contribution in [-0.4, -0.2) is 23.0 Å². The zero-order chi connectivity index (χ0) is 16.7. The van der Waals surface area contributed by atoms with Gasteiger partial charge in [0.1, 0.15) is 0 Å². The van der Waals surface area contributed by atoms with Gasteiger partial charge in [0.2, 0.25) is 5.91 Å². The summed E-state index contributed by atoms with van der Waals surface area (Å²) >= 11 is 0. The van der Waals surface area contributed by atoms with Crippen molar-refractivity contribution in [3.8, 4) is 0 Å². The van der Waals surface area contributed by atoms with Crippen LogP contribution in [0.15, 0.2) is 24.8 Å². The number of fused-ring (bicyclic) bond motifs is 2. The molecule has 0 aromatic heterocycles. The molecule has 3 aliphatic carbocycles. The van der Waals surface area contributed by atoms with E-state index in [0.717, 1.165) is 32.1 Å². The average Bonchev–Trinajstić information content (AvgIpc) is 3.01. The molecule has 2 bridgehead atoms. The Morgan fingerprint density at radius 3 is 2.65 bits per heavy atom. The summed E-state index contributed by atoms with van der Waals surface area (Å²) in [5.41, 5.74) is -1.30. The standard InChI is InChI=1S/C19H27NO3/c1-3-10-19(17(23)20-14-7-5-4-6-8-14)15(16(21)22)13-9-11-18(19,2)12-13/h3,9,11,13-15H,1,4-8,10,12H2,2H3,(H,20,23)(H,21,22). The van der Waals surface area contributed by atoms with Gasteiger partial charge in [-0.25, -0.2) is 0 Å². The highest BCUT2D eigenvalue weighted by molar-refractivity contribution is 5.91. The predicted octanol–water partition coefficient (Wildman–Crippen LogP) is 3.29. The van der Waals surface area contributed by atoms with Crippen LogP contribution in [0, 0.1) is 22.7 Å².